The van der Waals surface area contributed by atoms with Gasteiger partial charge in [-0.15, -0.1) is 23.5 Å². The van der Waals surface area contributed by atoms with Crippen LogP contribution in [0.3, 0.4) is 0 Å². The van der Waals surface area contributed by atoms with Gasteiger partial charge in [0.1, 0.15) is 25.5 Å². The maximum atomic E-state index is 13.7. The molecule has 0 unspecified atom stereocenters. The molecule has 0 spiro atoms. The Balaban J connectivity index is 2.16. The van der Waals surface area contributed by atoms with Crippen molar-refractivity contribution in [2.45, 2.75) is 30.6 Å². The van der Waals surface area contributed by atoms with Crippen molar-refractivity contribution in [3.63, 3.8) is 0 Å². The molecule has 4 aromatic heterocycles. The van der Waals surface area contributed by atoms with Crippen LogP contribution in [0, 0.1) is 6.92 Å². The van der Waals surface area contributed by atoms with E-state index in [2.05, 4.69) is 52.8 Å². The summed E-state index contributed by atoms with van der Waals surface area (Å²) in [7, 11) is 8.01. The second kappa shape index (κ2) is 13.7. The molecule has 0 atom stereocenters. The molecule has 240 valence electrons. The number of rotatable bonds is 9. The van der Waals surface area contributed by atoms with Crippen LogP contribution in [-0.2, 0) is 9.47 Å². The first-order valence-electron chi connectivity index (χ1n) is 15.1. The highest BCUT2D eigenvalue weighted by molar-refractivity contribution is 7.99. The standard InChI is InChI=1S/C36H41N4O4S2/c1-10-43-35(41)31-33(45-8)29(26-20-24(37(4)5)16-18-39(26)31)28(23-14-12-22(3)13-15-23)30-27-21-25(38(6)7)17-19-40(27)32(34(30)46-9)36(42)44-11-2/h12-21H,10-11H2,1-9H3/q+1. The van der Waals surface area contributed by atoms with Crippen molar-refractivity contribution in [3.8, 4) is 0 Å². The summed E-state index contributed by atoms with van der Waals surface area (Å²) in [6.07, 6.45) is 7.85. The summed E-state index contributed by atoms with van der Waals surface area (Å²) in [4.78, 5) is 31.0. The molecular weight excluding hydrogens is 617 g/mol. The summed E-state index contributed by atoms with van der Waals surface area (Å²) >= 11 is 3.03. The topological polar surface area (TPSA) is 67.7 Å². The minimum Gasteiger partial charge on any atom is -0.461 e. The van der Waals surface area contributed by atoms with Gasteiger partial charge >= 0.3 is 11.9 Å². The number of carbonyl (C=O) groups excluding carboxylic acids is 2. The van der Waals surface area contributed by atoms with Crippen molar-refractivity contribution in [2.24, 2.45) is 0 Å². The van der Waals surface area contributed by atoms with Crippen molar-refractivity contribution >= 4 is 57.8 Å². The third-order valence-electron chi connectivity index (χ3n) is 7.97. The normalized spacial score (nSPS) is 12.0. The van der Waals surface area contributed by atoms with Crippen LogP contribution in [0.25, 0.3) is 16.6 Å². The second-order valence-corrected chi connectivity index (χ2v) is 12.9. The second-order valence-electron chi connectivity index (χ2n) is 11.3. The number of aryl methyl sites for hydroxylation is 1. The van der Waals surface area contributed by atoms with Gasteiger partial charge in [-0.05, 0) is 51.0 Å². The van der Waals surface area contributed by atoms with Crippen LogP contribution in [0.1, 0.15) is 51.5 Å². The van der Waals surface area contributed by atoms with E-state index in [4.69, 9.17) is 9.47 Å². The zero-order valence-corrected chi connectivity index (χ0v) is 29.6. The molecule has 0 saturated carbocycles. The number of carbonyl (C=O) groups is 2. The smallest absolute Gasteiger partial charge is 0.356 e. The number of nitrogens with zero attached hydrogens (tertiary/aromatic N) is 4. The molecule has 5 aromatic rings. The average Bonchev–Trinajstić information content (AvgIpc) is 3.54. The summed E-state index contributed by atoms with van der Waals surface area (Å²) in [6, 6.07) is 16.6. The Bertz CT molecular complexity index is 2090. The molecule has 0 aliphatic heterocycles. The molecule has 0 radical (unpaired) electrons. The predicted octanol–water partition coefficient (Wildman–Crippen LogP) is 5.36. The summed E-state index contributed by atoms with van der Waals surface area (Å²) < 4.78 is 17.2. The molecule has 0 aliphatic carbocycles. The van der Waals surface area contributed by atoms with Crippen molar-refractivity contribution in [3.05, 3.63) is 99.6 Å². The fourth-order valence-electron chi connectivity index (χ4n) is 5.79. The Morgan fingerprint density at radius 1 is 0.804 bits per heavy atom. The quantitative estimate of drug-likeness (QED) is 0.120. The van der Waals surface area contributed by atoms with Gasteiger partial charge in [-0.25, -0.2) is 14.2 Å². The highest BCUT2D eigenvalue weighted by Crippen LogP contribution is 2.40. The molecule has 4 heterocycles. The number of thioether (sulfide) groups is 2. The Labute approximate surface area is 278 Å². The maximum absolute atomic E-state index is 13.7. The predicted molar refractivity (Wildman–Crippen MR) is 190 cm³/mol. The largest absolute Gasteiger partial charge is 0.461 e. The first-order valence-corrected chi connectivity index (χ1v) is 17.6. The number of hydrogen-bond acceptors (Lipinski definition) is 7. The Kier molecular flexibility index (Phi) is 9.88. The van der Waals surface area contributed by atoms with Crippen LogP contribution >= 0.6 is 23.5 Å². The Hall–Kier alpha value is -4.15. The van der Waals surface area contributed by atoms with Gasteiger partial charge in [0, 0.05) is 70.5 Å². The van der Waals surface area contributed by atoms with Crippen molar-refractivity contribution in [1.29, 1.82) is 0 Å². The minimum atomic E-state index is -0.386. The molecule has 0 aliphatic rings. The summed E-state index contributed by atoms with van der Waals surface area (Å²) in [6.45, 7) is 6.22. The lowest BCUT2D eigenvalue weighted by atomic mass is 9.95. The van der Waals surface area contributed by atoms with Crippen LogP contribution < -0.4 is 20.1 Å². The lowest BCUT2D eigenvalue weighted by molar-refractivity contribution is 0.0504. The van der Waals surface area contributed by atoms with Gasteiger partial charge in [0.15, 0.2) is 0 Å². The van der Waals surface area contributed by atoms with E-state index in [0.29, 0.717) is 11.4 Å². The molecule has 46 heavy (non-hydrogen) atoms. The zero-order valence-electron chi connectivity index (χ0n) is 27.9. The number of fused-ring (bicyclic) bond motifs is 2. The van der Waals surface area contributed by atoms with Crippen LogP contribution in [0.4, 0.5) is 5.69 Å². The monoisotopic (exact) mass is 657 g/mol. The number of hydrogen-bond donors (Lipinski definition) is 0. The van der Waals surface area contributed by atoms with E-state index in [9.17, 15) is 9.59 Å². The van der Waals surface area contributed by atoms with Gasteiger partial charge in [0.2, 0.25) is 5.36 Å². The van der Waals surface area contributed by atoms with Gasteiger partial charge in [0.05, 0.1) is 24.2 Å². The van der Waals surface area contributed by atoms with E-state index in [-0.39, 0.29) is 25.2 Å². The molecule has 0 N–H and O–H groups in total. The molecule has 0 bridgehead atoms. The minimum absolute atomic E-state index is 0.260. The Morgan fingerprint density at radius 3 is 1.91 bits per heavy atom. The van der Waals surface area contributed by atoms with Crippen LogP contribution in [-0.4, -0.2) is 74.7 Å². The summed E-state index contributed by atoms with van der Waals surface area (Å²) in [5.74, 6) is -0.772. The molecule has 0 fully saturated rings. The summed E-state index contributed by atoms with van der Waals surface area (Å²) in [5.41, 5.74) is 7.58. The third kappa shape index (κ3) is 5.80. The fraction of sp³-hybridized carbons (Fsp3) is 0.306. The molecule has 8 nitrogen and oxygen atoms in total. The number of pyridine rings is 2. The number of aromatic nitrogens is 2. The van der Waals surface area contributed by atoms with Crippen molar-refractivity contribution < 1.29 is 19.1 Å². The highest BCUT2D eigenvalue weighted by atomic mass is 32.2. The SMILES string of the molecule is CCOC(=O)c1c(SC)c(/C(c2ccc(C)cc2)=c2/c(SC)c(C(=O)OCC)n3ccc(=[N+](C)C)cc23)c2cc(N(C)C)ccn12. The molecular formula is C36H41N4O4S2+. The van der Waals surface area contributed by atoms with E-state index in [0.717, 1.165) is 59.4 Å². The van der Waals surface area contributed by atoms with Crippen molar-refractivity contribution in [2.75, 3.05) is 58.8 Å². The number of esters is 2. The van der Waals surface area contributed by atoms with Gasteiger partial charge in [-0.3, -0.25) is 0 Å². The van der Waals surface area contributed by atoms with E-state index >= 15 is 0 Å². The van der Waals surface area contributed by atoms with E-state index in [1.54, 1.807) is 0 Å². The van der Waals surface area contributed by atoms with E-state index in [1.165, 1.54) is 23.5 Å². The first kappa shape index (κ1) is 33.2. The van der Waals surface area contributed by atoms with Crippen molar-refractivity contribution in [1.82, 2.24) is 13.4 Å². The van der Waals surface area contributed by atoms with E-state index in [1.807, 2.05) is 87.9 Å². The number of anilines is 1. The van der Waals surface area contributed by atoms with Gasteiger partial charge in [-0.1, -0.05) is 29.8 Å². The molecule has 10 heteroatoms. The first-order chi connectivity index (χ1) is 22.1. The molecule has 5 rings (SSSR count). The fourth-order valence-corrected chi connectivity index (χ4v) is 7.36. The maximum Gasteiger partial charge on any atom is 0.356 e. The van der Waals surface area contributed by atoms with Gasteiger partial charge < -0.3 is 23.2 Å². The van der Waals surface area contributed by atoms with Gasteiger partial charge in [0.25, 0.3) is 0 Å². The lowest BCUT2D eigenvalue weighted by Gasteiger charge is -2.15. The summed E-state index contributed by atoms with van der Waals surface area (Å²) in [5, 5.41) is 1.89. The molecule has 0 saturated heterocycles. The van der Waals surface area contributed by atoms with Crippen LogP contribution in [0.5, 0.6) is 0 Å². The van der Waals surface area contributed by atoms with Crippen LogP contribution in [0.15, 0.2) is 70.7 Å². The zero-order chi connectivity index (χ0) is 33.3. The van der Waals surface area contributed by atoms with Crippen LogP contribution in [0.2, 0.25) is 0 Å². The molecule has 0 amide bonds. The number of ether oxygens (including phenoxy) is 2. The molecule has 1 aromatic carbocycles. The van der Waals surface area contributed by atoms with Gasteiger partial charge in [-0.2, -0.15) is 0 Å². The third-order valence-corrected chi connectivity index (χ3v) is 9.59. The highest BCUT2D eigenvalue weighted by Gasteiger charge is 2.30. The lowest BCUT2D eigenvalue weighted by Crippen LogP contribution is -2.22. The Morgan fingerprint density at radius 2 is 1.37 bits per heavy atom. The van der Waals surface area contributed by atoms with E-state index < -0.39 is 0 Å². The average molecular weight is 658 g/mol. The number of benzene rings is 1.